The van der Waals surface area contributed by atoms with Crippen molar-refractivity contribution >= 4 is 24.5 Å². The predicted octanol–water partition coefficient (Wildman–Crippen LogP) is 0.676. The summed E-state index contributed by atoms with van der Waals surface area (Å²) < 4.78 is 39.1. The van der Waals surface area contributed by atoms with Crippen molar-refractivity contribution < 1.29 is 27.7 Å². The molecule has 2 aliphatic rings. The lowest BCUT2D eigenvalue weighted by atomic mass is 9.77. The molecule has 2 saturated heterocycles. The second-order valence-corrected chi connectivity index (χ2v) is 6.89. The summed E-state index contributed by atoms with van der Waals surface area (Å²) in [6.07, 6.45) is 2.07. The third-order valence-corrected chi connectivity index (χ3v) is 4.79. The van der Waals surface area contributed by atoms with E-state index in [0.717, 1.165) is 19.4 Å². The summed E-state index contributed by atoms with van der Waals surface area (Å²) in [5.74, 6) is -3.53. The van der Waals surface area contributed by atoms with Crippen molar-refractivity contribution in [3.05, 3.63) is 29.3 Å². The molecule has 1 aromatic rings. The summed E-state index contributed by atoms with van der Waals surface area (Å²) in [5, 5.41) is 0. The van der Waals surface area contributed by atoms with E-state index in [4.69, 9.17) is 9.31 Å². The molecule has 2 fully saturated rings. The number of benzene rings is 1. The van der Waals surface area contributed by atoms with E-state index in [9.17, 15) is 18.4 Å². The molecule has 2 aliphatic heterocycles. The molecule has 0 bridgehead atoms. The minimum absolute atomic E-state index is 0.138. The predicted molar refractivity (Wildman–Crippen MR) is 90.5 cm³/mol. The van der Waals surface area contributed by atoms with Crippen LogP contribution in [0.25, 0.3) is 0 Å². The van der Waals surface area contributed by atoms with Gasteiger partial charge in [-0.3, -0.25) is 19.4 Å². The van der Waals surface area contributed by atoms with Crippen molar-refractivity contribution in [2.24, 2.45) is 0 Å². The van der Waals surface area contributed by atoms with Gasteiger partial charge >= 0.3 is 19.1 Å². The van der Waals surface area contributed by atoms with Crippen LogP contribution in [0.1, 0.15) is 25.3 Å². The van der Waals surface area contributed by atoms with Crippen LogP contribution in [0.3, 0.4) is 0 Å². The molecular weight excluding hydrogens is 345 g/mol. The quantitative estimate of drug-likeness (QED) is 0.734. The van der Waals surface area contributed by atoms with E-state index >= 15 is 0 Å². The molecule has 2 heterocycles. The molecule has 0 radical (unpaired) electrons. The van der Waals surface area contributed by atoms with Crippen molar-refractivity contribution in [2.75, 3.05) is 26.7 Å². The molecule has 0 amide bonds. The summed E-state index contributed by atoms with van der Waals surface area (Å²) in [6, 6.07) is 3.08. The number of carbonyl (C=O) groups is 2. The Labute approximate surface area is 151 Å². The van der Waals surface area contributed by atoms with Gasteiger partial charge in [-0.2, -0.15) is 0 Å². The fourth-order valence-corrected chi connectivity index (χ4v) is 3.32. The molecule has 0 aliphatic carbocycles. The highest BCUT2D eigenvalue weighted by Gasteiger charge is 2.37. The lowest BCUT2D eigenvalue weighted by Crippen LogP contribution is -2.49. The SMILES string of the molecule is C[C@@H]1CCCN1Cc1ccc(B2OC(=O)CN(C)CC(=O)O2)c(F)c1F. The van der Waals surface area contributed by atoms with E-state index in [2.05, 4.69) is 11.8 Å². The van der Waals surface area contributed by atoms with Crippen molar-refractivity contribution in [3.63, 3.8) is 0 Å². The molecule has 0 aromatic heterocycles. The molecule has 9 heteroatoms. The van der Waals surface area contributed by atoms with Gasteiger partial charge in [0.2, 0.25) is 0 Å². The third-order valence-electron chi connectivity index (χ3n) is 4.79. The second kappa shape index (κ2) is 7.71. The van der Waals surface area contributed by atoms with E-state index in [1.165, 1.54) is 17.0 Å². The molecule has 3 rings (SSSR count). The minimum atomic E-state index is -1.59. The summed E-state index contributed by atoms with van der Waals surface area (Å²) in [7, 11) is -0.0324. The normalized spacial score (nSPS) is 22.8. The lowest BCUT2D eigenvalue weighted by Gasteiger charge is -2.24. The van der Waals surface area contributed by atoms with Crippen LogP contribution in [-0.2, 0) is 25.4 Å². The molecule has 0 spiro atoms. The number of rotatable bonds is 3. The smallest absolute Gasteiger partial charge is 0.494 e. The first-order valence-corrected chi connectivity index (χ1v) is 8.63. The van der Waals surface area contributed by atoms with Gasteiger partial charge in [0.15, 0.2) is 11.6 Å². The van der Waals surface area contributed by atoms with E-state index < -0.39 is 30.7 Å². The summed E-state index contributed by atoms with van der Waals surface area (Å²) >= 11 is 0. The Bertz CT molecular complexity index is 698. The first kappa shape index (κ1) is 18.8. The molecular formula is C17H21BF2N2O4. The number of nitrogens with zero attached hydrogens (tertiary/aromatic N) is 2. The van der Waals surface area contributed by atoms with E-state index in [0.29, 0.717) is 12.6 Å². The summed E-state index contributed by atoms with van der Waals surface area (Å²) in [6.45, 7) is 2.93. The van der Waals surface area contributed by atoms with Gasteiger partial charge < -0.3 is 9.31 Å². The molecule has 26 heavy (non-hydrogen) atoms. The van der Waals surface area contributed by atoms with Gasteiger partial charge in [0.25, 0.3) is 0 Å². The fourth-order valence-electron chi connectivity index (χ4n) is 3.32. The van der Waals surface area contributed by atoms with Crippen LogP contribution in [0.4, 0.5) is 8.78 Å². The molecule has 140 valence electrons. The molecule has 0 unspecified atom stereocenters. The molecule has 1 atom stereocenters. The molecule has 6 nitrogen and oxygen atoms in total. The number of halogens is 2. The summed E-state index contributed by atoms with van der Waals surface area (Å²) in [5.41, 5.74) is -0.0739. The van der Waals surface area contributed by atoms with Crippen molar-refractivity contribution in [1.82, 2.24) is 9.80 Å². The Morgan fingerprint density at radius 2 is 1.81 bits per heavy atom. The highest BCUT2D eigenvalue weighted by molar-refractivity contribution is 6.64. The van der Waals surface area contributed by atoms with Gasteiger partial charge in [-0.25, -0.2) is 8.78 Å². The highest BCUT2D eigenvalue weighted by Crippen LogP contribution is 2.21. The maximum absolute atomic E-state index is 14.6. The van der Waals surface area contributed by atoms with Crippen LogP contribution in [0.15, 0.2) is 12.1 Å². The molecule has 0 N–H and O–H groups in total. The first-order valence-electron chi connectivity index (χ1n) is 8.63. The number of hydrogen-bond donors (Lipinski definition) is 0. The van der Waals surface area contributed by atoms with Gasteiger partial charge in [-0.15, -0.1) is 0 Å². The van der Waals surface area contributed by atoms with Gasteiger partial charge in [-0.1, -0.05) is 12.1 Å². The van der Waals surface area contributed by atoms with Crippen LogP contribution >= 0.6 is 0 Å². The zero-order valence-corrected chi connectivity index (χ0v) is 14.8. The maximum atomic E-state index is 14.6. The van der Waals surface area contributed by atoms with Crippen molar-refractivity contribution in [3.8, 4) is 0 Å². The standard InChI is InChI=1S/C17H21BF2N2O4/c1-11-4-3-7-22(11)8-12-5-6-13(17(20)16(12)19)18-25-14(23)9-21(2)10-15(24)26-18/h5-6,11H,3-4,7-10H2,1-2H3/t11-/m1/s1. The number of hydrogen-bond acceptors (Lipinski definition) is 6. The van der Waals surface area contributed by atoms with Gasteiger partial charge in [0.05, 0.1) is 18.6 Å². The lowest BCUT2D eigenvalue weighted by molar-refractivity contribution is -0.145. The third kappa shape index (κ3) is 4.04. The Kier molecular flexibility index (Phi) is 5.57. The Hall–Kier alpha value is -2.00. The van der Waals surface area contributed by atoms with E-state index in [-0.39, 0.29) is 24.1 Å². The van der Waals surface area contributed by atoms with Crippen LogP contribution in [0.5, 0.6) is 0 Å². The number of carbonyl (C=O) groups excluding carboxylic acids is 2. The van der Waals surface area contributed by atoms with Crippen LogP contribution in [0.2, 0.25) is 0 Å². The Balaban J connectivity index is 1.82. The monoisotopic (exact) mass is 366 g/mol. The topological polar surface area (TPSA) is 59.1 Å². The average molecular weight is 366 g/mol. The van der Waals surface area contributed by atoms with Crippen molar-refractivity contribution in [1.29, 1.82) is 0 Å². The highest BCUT2D eigenvalue weighted by atomic mass is 19.2. The Morgan fingerprint density at radius 1 is 1.15 bits per heavy atom. The van der Waals surface area contributed by atoms with Crippen LogP contribution < -0.4 is 5.46 Å². The Morgan fingerprint density at radius 3 is 2.38 bits per heavy atom. The maximum Gasteiger partial charge on any atom is 0.639 e. The fraction of sp³-hybridized carbons (Fsp3) is 0.529. The van der Waals surface area contributed by atoms with E-state index in [1.807, 2.05) is 0 Å². The van der Waals surface area contributed by atoms with Gasteiger partial charge in [-0.05, 0) is 33.4 Å². The van der Waals surface area contributed by atoms with E-state index in [1.54, 1.807) is 7.05 Å². The molecule has 1 aromatic carbocycles. The minimum Gasteiger partial charge on any atom is -0.494 e. The first-order chi connectivity index (χ1) is 12.3. The zero-order chi connectivity index (χ0) is 18.8. The van der Waals surface area contributed by atoms with Crippen molar-refractivity contribution in [2.45, 2.75) is 32.4 Å². The van der Waals surface area contributed by atoms with Gasteiger partial charge in [0.1, 0.15) is 0 Å². The average Bonchev–Trinajstić information content (AvgIpc) is 2.95. The zero-order valence-electron chi connectivity index (χ0n) is 14.8. The molecule has 0 saturated carbocycles. The largest absolute Gasteiger partial charge is 0.639 e. The number of likely N-dealkylation sites (N-methyl/N-ethyl adjacent to an activating group) is 1. The van der Waals surface area contributed by atoms with Crippen LogP contribution in [0, 0.1) is 11.6 Å². The number of likely N-dealkylation sites (tertiary alicyclic amines) is 1. The second-order valence-electron chi connectivity index (χ2n) is 6.89. The summed E-state index contributed by atoms with van der Waals surface area (Å²) in [4.78, 5) is 27.1. The van der Waals surface area contributed by atoms with Crippen LogP contribution in [-0.4, -0.2) is 61.6 Å². The van der Waals surface area contributed by atoms with Gasteiger partial charge in [0, 0.05) is 18.2 Å².